The van der Waals surface area contributed by atoms with Crippen molar-refractivity contribution in [2.24, 2.45) is 0 Å². The molecule has 0 unspecified atom stereocenters. The van der Waals surface area contributed by atoms with Gasteiger partial charge in [0.15, 0.2) is 4.34 Å². The predicted octanol–water partition coefficient (Wildman–Crippen LogP) is 4.91. The van der Waals surface area contributed by atoms with Crippen LogP contribution in [-0.2, 0) is 4.79 Å². The van der Waals surface area contributed by atoms with Gasteiger partial charge in [-0.1, -0.05) is 42.1 Å². The summed E-state index contributed by atoms with van der Waals surface area (Å²) >= 11 is 6.37. The maximum atomic E-state index is 12.2. The monoisotopic (exact) mass is 460 g/mol. The van der Waals surface area contributed by atoms with Crippen LogP contribution in [0.4, 0.5) is 0 Å². The van der Waals surface area contributed by atoms with Gasteiger partial charge in [-0.05, 0) is 46.3 Å². The molecule has 1 amide bonds. The van der Waals surface area contributed by atoms with E-state index in [2.05, 4.69) is 26.2 Å². The van der Waals surface area contributed by atoms with E-state index in [0.717, 1.165) is 13.7 Å². The highest BCUT2D eigenvalue weighted by molar-refractivity contribution is 9.10. The SMILES string of the molecule is O=C(O)/C(=C/c1csc(Sc2ccccc2Br)n1)NC(=O)c1ccccc1. The molecule has 2 aromatic carbocycles. The third kappa shape index (κ3) is 5.29. The molecule has 1 aromatic heterocycles. The number of rotatable bonds is 6. The number of amides is 1. The number of carbonyl (C=O) groups excluding carboxylic acids is 1. The number of nitrogens with zero attached hydrogens (tertiary/aromatic N) is 1. The van der Waals surface area contributed by atoms with Gasteiger partial charge in [0, 0.05) is 20.3 Å². The lowest BCUT2D eigenvalue weighted by Gasteiger charge is -2.05. The molecule has 0 atom stereocenters. The van der Waals surface area contributed by atoms with Crippen molar-refractivity contribution in [1.82, 2.24) is 10.3 Å². The minimum Gasteiger partial charge on any atom is -0.477 e. The number of thiazole rings is 1. The van der Waals surface area contributed by atoms with Crippen LogP contribution in [0.2, 0.25) is 0 Å². The normalized spacial score (nSPS) is 11.2. The first-order valence-corrected chi connectivity index (χ1v) is 10.2. The van der Waals surface area contributed by atoms with E-state index in [1.54, 1.807) is 35.7 Å². The molecule has 5 nitrogen and oxygen atoms in total. The molecule has 2 N–H and O–H groups in total. The topological polar surface area (TPSA) is 79.3 Å². The van der Waals surface area contributed by atoms with Crippen molar-refractivity contribution in [3.63, 3.8) is 0 Å². The molecule has 3 rings (SSSR count). The van der Waals surface area contributed by atoms with Crippen LogP contribution in [0.3, 0.4) is 0 Å². The molecular weight excluding hydrogens is 448 g/mol. The van der Waals surface area contributed by atoms with E-state index < -0.39 is 11.9 Å². The summed E-state index contributed by atoms with van der Waals surface area (Å²) in [6, 6.07) is 16.2. The summed E-state index contributed by atoms with van der Waals surface area (Å²) in [5.41, 5.74) is 0.625. The van der Waals surface area contributed by atoms with Crippen molar-refractivity contribution < 1.29 is 14.7 Å². The van der Waals surface area contributed by atoms with E-state index in [4.69, 9.17) is 0 Å². The van der Waals surface area contributed by atoms with Crippen LogP contribution in [0.5, 0.6) is 0 Å². The summed E-state index contributed by atoms with van der Waals surface area (Å²) in [5, 5.41) is 13.6. The van der Waals surface area contributed by atoms with Crippen molar-refractivity contribution >= 4 is 57.0 Å². The first-order valence-electron chi connectivity index (χ1n) is 7.72. The number of hydrogen-bond donors (Lipinski definition) is 2. The van der Waals surface area contributed by atoms with Crippen molar-refractivity contribution in [1.29, 1.82) is 0 Å². The van der Waals surface area contributed by atoms with Crippen LogP contribution in [0.1, 0.15) is 16.1 Å². The summed E-state index contributed by atoms with van der Waals surface area (Å²) in [6.07, 6.45) is 1.35. The molecule has 0 bridgehead atoms. The molecule has 3 aromatic rings. The van der Waals surface area contributed by atoms with Gasteiger partial charge in [0.1, 0.15) is 5.70 Å². The van der Waals surface area contributed by atoms with Crippen LogP contribution in [0, 0.1) is 0 Å². The van der Waals surface area contributed by atoms with E-state index >= 15 is 0 Å². The molecular formula is C19H13BrN2O3S2. The standard InChI is InChI=1S/C19H13BrN2O3S2/c20-14-8-4-5-9-16(14)27-19-21-13(11-26-19)10-15(18(24)25)22-17(23)12-6-2-1-3-7-12/h1-11H,(H,22,23)(H,24,25)/b15-10-. The molecule has 0 saturated carbocycles. The van der Waals surface area contributed by atoms with E-state index in [1.807, 2.05) is 24.3 Å². The second-order valence-corrected chi connectivity index (χ2v) is 8.26. The third-order valence-electron chi connectivity index (χ3n) is 3.34. The average Bonchev–Trinajstić information content (AvgIpc) is 3.10. The second kappa shape index (κ2) is 8.98. The highest BCUT2D eigenvalue weighted by Crippen LogP contribution is 2.35. The molecule has 0 fully saturated rings. The van der Waals surface area contributed by atoms with Gasteiger partial charge >= 0.3 is 5.97 Å². The fourth-order valence-electron chi connectivity index (χ4n) is 2.09. The molecule has 27 heavy (non-hydrogen) atoms. The number of hydrogen-bond acceptors (Lipinski definition) is 5. The summed E-state index contributed by atoms with van der Waals surface area (Å²) in [5.74, 6) is -1.71. The Morgan fingerprint density at radius 1 is 1.11 bits per heavy atom. The summed E-state index contributed by atoms with van der Waals surface area (Å²) < 4.78 is 1.73. The van der Waals surface area contributed by atoms with Gasteiger partial charge < -0.3 is 10.4 Å². The lowest BCUT2D eigenvalue weighted by molar-refractivity contribution is -0.132. The number of aliphatic carboxylic acids is 1. The lowest BCUT2D eigenvalue weighted by atomic mass is 10.2. The fraction of sp³-hybridized carbons (Fsp3) is 0. The fourth-order valence-corrected chi connectivity index (χ4v) is 4.37. The van der Waals surface area contributed by atoms with Crippen molar-refractivity contribution in [2.75, 3.05) is 0 Å². The number of aromatic nitrogens is 1. The molecule has 0 saturated heterocycles. The number of benzene rings is 2. The van der Waals surface area contributed by atoms with Crippen LogP contribution in [0.25, 0.3) is 6.08 Å². The molecule has 1 heterocycles. The molecule has 0 aliphatic heterocycles. The quantitative estimate of drug-likeness (QED) is 0.510. The van der Waals surface area contributed by atoms with Gasteiger partial charge in [0.2, 0.25) is 0 Å². The summed E-state index contributed by atoms with van der Waals surface area (Å²) in [7, 11) is 0. The number of nitrogens with one attached hydrogen (secondary N) is 1. The highest BCUT2D eigenvalue weighted by Gasteiger charge is 2.14. The summed E-state index contributed by atoms with van der Waals surface area (Å²) in [6.45, 7) is 0. The van der Waals surface area contributed by atoms with E-state index in [9.17, 15) is 14.7 Å². The molecule has 0 aliphatic rings. The zero-order valence-corrected chi connectivity index (χ0v) is 17.0. The average molecular weight is 461 g/mol. The van der Waals surface area contributed by atoms with E-state index in [0.29, 0.717) is 11.3 Å². The Kier molecular flexibility index (Phi) is 6.44. The Balaban J connectivity index is 1.77. The minimum atomic E-state index is -1.23. The van der Waals surface area contributed by atoms with Gasteiger partial charge in [-0.15, -0.1) is 11.3 Å². The highest BCUT2D eigenvalue weighted by atomic mass is 79.9. The molecule has 0 radical (unpaired) electrons. The van der Waals surface area contributed by atoms with Crippen molar-refractivity contribution in [2.45, 2.75) is 9.24 Å². The minimum absolute atomic E-state index is 0.230. The van der Waals surface area contributed by atoms with Crippen molar-refractivity contribution in [3.8, 4) is 0 Å². The predicted molar refractivity (Wildman–Crippen MR) is 110 cm³/mol. The van der Waals surface area contributed by atoms with E-state index in [1.165, 1.54) is 29.2 Å². The summed E-state index contributed by atoms with van der Waals surface area (Å²) in [4.78, 5) is 29.1. The molecule has 136 valence electrons. The number of carboxylic acids is 1. The smallest absolute Gasteiger partial charge is 0.352 e. The second-order valence-electron chi connectivity index (χ2n) is 5.25. The van der Waals surface area contributed by atoms with Gasteiger partial charge in [0.25, 0.3) is 5.91 Å². The Morgan fingerprint density at radius 2 is 1.81 bits per heavy atom. The maximum Gasteiger partial charge on any atom is 0.352 e. The number of carbonyl (C=O) groups is 2. The van der Waals surface area contributed by atoms with Crippen LogP contribution in [0.15, 0.2) is 79.4 Å². The maximum absolute atomic E-state index is 12.2. The van der Waals surface area contributed by atoms with Gasteiger partial charge in [-0.25, -0.2) is 9.78 Å². The van der Waals surface area contributed by atoms with Gasteiger partial charge in [0.05, 0.1) is 5.69 Å². The van der Waals surface area contributed by atoms with Crippen LogP contribution < -0.4 is 5.32 Å². The Morgan fingerprint density at radius 3 is 2.52 bits per heavy atom. The Hall–Kier alpha value is -2.42. The van der Waals surface area contributed by atoms with Crippen LogP contribution >= 0.6 is 39.0 Å². The van der Waals surface area contributed by atoms with Crippen LogP contribution in [-0.4, -0.2) is 22.0 Å². The zero-order valence-electron chi connectivity index (χ0n) is 13.8. The molecule has 0 aliphatic carbocycles. The van der Waals surface area contributed by atoms with Gasteiger partial charge in [-0.2, -0.15) is 0 Å². The van der Waals surface area contributed by atoms with Crippen molar-refractivity contribution in [3.05, 3.63) is 81.4 Å². The third-order valence-corrected chi connectivity index (χ3v) is 6.33. The lowest BCUT2D eigenvalue weighted by Crippen LogP contribution is -2.27. The molecule has 8 heteroatoms. The zero-order chi connectivity index (χ0) is 19.2. The first kappa shape index (κ1) is 19.3. The largest absolute Gasteiger partial charge is 0.477 e. The number of halogens is 1. The Bertz CT molecular complexity index is 1000. The number of carboxylic acid groups (broad SMARTS) is 1. The van der Waals surface area contributed by atoms with Gasteiger partial charge in [-0.3, -0.25) is 4.79 Å². The van der Waals surface area contributed by atoms with E-state index in [-0.39, 0.29) is 5.70 Å². The first-order chi connectivity index (χ1) is 13.0. The Labute approximate surface area is 172 Å². The molecule has 0 spiro atoms.